The third kappa shape index (κ3) is 7.43. The summed E-state index contributed by atoms with van der Waals surface area (Å²) in [7, 11) is -2.78. The molecule has 206 valence electrons. The van der Waals surface area contributed by atoms with Gasteiger partial charge in [0.2, 0.25) is 15.9 Å². The normalized spacial score (nSPS) is 11.8. The Morgan fingerprint density at radius 3 is 2.42 bits per heavy atom. The molecule has 1 aromatic heterocycles. The van der Waals surface area contributed by atoms with Gasteiger partial charge in [0, 0.05) is 31.0 Å². The molecule has 11 heteroatoms. The number of ether oxygens (including phenoxy) is 1. The Hall–Kier alpha value is -4.74. The van der Waals surface area contributed by atoms with E-state index >= 15 is 0 Å². The molecule has 0 fully saturated rings. The Morgan fingerprint density at radius 2 is 1.73 bits per heavy atom. The lowest BCUT2D eigenvalue weighted by molar-refractivity contribution is -0.118. The minimum atomic E-state index is -4.16. The Kier molecular flexibility index (Phi) is 9.10. The van der Waals surface area contributed by atoms with Crippen molar-refractivity contribution in [2.45, 2.75) is 23.9 Å². The number of carbonyl (C=O) groups excluding carboxylic acids is 2. The summed E-state index contributed by atoms with van der Waals surface area (Å²) in [5.41, 5.74) is 8.62. The second-order valence-electron chi connectivity index (χ2n) is 8.87. The summed E-state index contributed by atoms with van der Waals surface area (Å²) in [6, 6.07) is 22.9. The molecular weight excluding hydrogens is 530 g/mol. The number of anilines is 1. The summed E-state index contributed by atoms with van der Waals surface area (Å²) >= 11 is 0. The van der Waals surface area contributed by atoms with Crippen LogP contribution in [-0.4, -0.2) is 32.4 Å². The van der Waals surface area contributed by atoms with Crippen LogP contribution in [0.25, 0.3) is 11.1 Å². The number of nitrogens with zero attached hydrogens (tertiary/aromatic N) is 1. The van der Waals surface area contributed by atoms with Crippen LogP contribution in [-0.2, 0) is 21.4 Å². The molecule has 0 saturated heterocycles. The molecule has 0 radical (unpaired) electrons. The van der Waals surface area contributed by atoms with Crippen molar-refractivity contribution >= 4 is 27.6 Å². The van der Waals surface area contributed by atoms with Gasteiger partial charge in [-0.15, -0.1) is 0 Å². The maximum absolute atomic E-state index is 13.5. The van der Waals surface area contributed by atoms with Gasteiger partial charge < -0.3 is 21.1 Å². The topological polar surface area (TPSA) is 153 Å². The number of amides is 3. The van der Waals surface area contributed by atoms with Gasteiger partial charge in [-0.25, -0.2) is 17.9 Å². The molecule has 0 bridgehead atoms. The highest BCUT2D eigenvalue weighted by atomic mass is 32.2. The average Bonchev–Trinajstić information content (AvgIpc) is 2.96. The number of rotatable bonds is 11. The molecule has 3 amide bonds. The monoisotopic (exact) mass is 559 g/mol. The van der Waals surface area contributed by atoms with Crippen molar-refractivity contribution in [2.75, 3.05) is 12.4 Å². The molecule has 0 saturated carbocycles. The lowest BCUT2D eigenvalue weighted by atomic mass is 10.0. The number of hydrogen-bond donors (Lipinski definition) is 4. The van der Waals surface area contributed by atoms with Crippen molar-refractivity contribution in [2.24, 2.45) is 5.73 Å². The molecular formula is C29H29N5O5S. The van der Waals surface area contributed by atoms with Crippen molar-refractivity contribution in [1.82, 2.24) is 15.0 Å². The van der Waals surface area contributed by atoms with Crippen LogP contribution in [0.3, 0.4) is 0 Å². The van der Waals surface area contributed by atoms with Crippen LogP contribution in [0.5, 0.6) is 5.75 Å². The minimum absolute atomic E-state index is 0.106. The third-order valence-corrected chi connectivity index (χ3v) is 7.48. The van der Waals surface area contributed by atoms with Gasteiger partial charge in [0.1, 0.15) is 10.6 Å². The predicted octanol–water partition coefficient (Wildman–Crippen LogP) is 3.97. The minimum Gasteiger partial charge on any atom is -0.495 e. The molecule has 5 N–H and O–H groups in total. The second-order valence-corrected chi connectivity index (χ2v) is 10.6. The number of nitrogens with two attached hydrogens (primary N) is 1. The van der Waals surface area contributed by atoms with E-state index in [1.54, 1.807) is 85.2 Å². The van der Waals surface area contributed by atoms with E-state index in [9.17, 15) is 18.0 Å². The highest BCUT2D eigenvalue weighted by Gasteiger charge is 2.26. The standard InChI is InChI=1S/C29H29N5O5S/c1-39-26-13-12-23(16-27(26)40(37,38)34-25(17-28(30)35)21-8-3-2-4-9-21)22-10-5-11-24(15-22)33-29(36)32-19-20-7-6-14-31-18-20/h2-16,18,25,34H,17,19H2,1H3,(H2,30,35)(H2,32,33,36)/t25-/m1/s1. The van der Waals surface area contributed by atoms with Gasteiger partial charge >= 0.3 is 6.03 Å². The van der Waals surface area contributed by atoms with Crippen LogP contribution in [0.4, 0.5) is 10.5 Å². The number of pyridine rings is 1. The summed E-state index contributed by atoms with van der Waals surface area (Å²) in [6.45, 7) is 0.311. The number of nitrogens with one attached hydrogen (secondary N) is 3. The first kappa shape index (κ1) is 28.3. The fraction of sp³-hybridized carbons (Fsp3) is 0.138. The highest BCUT2D eigenvalue weighted by molar-refractivity contribution is 7.89. The summed E-state index contributed by atoms with van der Waals surface area (Å²) in [6.07, 6.45) is 3.10. The predicted molar refractivity (Wildman–Crippen MR) is 152 cm³/mol. The number of aromatic nitrogens is 1. The van der Waals surface area contributed by atoms with Crippen molar-refractivity contribution in [3.05, 3.63) is 108 Å². The molecule has 0 aliphatic heterocycles. The molecule has 0 unspecified atom stereocenters. The van der Waals surface area contributed by atoms with Crippen LogP contribution in [0.2, 0.25) is 0 Å². The summed E-state index contributed by atoms with van der Waals surface area (Å²) in [5.74, 6) is -0.516. The maximum Gasteiger partial charge on any atom is 0.319 e. The van der Waals surface area contributed by atoms with Gasteiger partial charge in [-0.3, -0.25) is 9.78 Å². The van der Waals surface area contributed by atoms with Crippen LogP contribution in [0, 0.1) is 0 Å². The van der Waals surface area contributed by atoms with Crippen molar-refractivity contribution in [3.8, 4) is 16.9 Å². The number of primary amides is 1. The van der Waals surface area contributed by atoms with Crippen molar-refractivity contribution in [1.29, 1.82) is 0 Å². The van der Waals surface area contributed by atoms with E-state index in [2.05, 4.69) is 20.3 Å². The lowest BCUT2D eigenvalue weighted by Gasteiger charge is -2.19. The van der Waals surface area contributed by atoms with Gasteiger partial charge in [0.05, 0.1) is 13.2 Å². The van der Waals surface area contributed by atoms with Gasteiger partial charge in [-0.05, 0) is 52.6 Å². The Morgan fingerprint density at radius 1 is 0.950 bits per heavy atom. The zero-order valence-electron chi connectivity index (χ0n) is 21.7. The van der Waals surface area contributed by atoms with Gasteiger partial charge in [0.25, 0.3) is 0 Å². The Bertz CT molecular complexity index is 1580. The third-order valence-electron chi connectivity index (χ3n) is 5.99. The largest absolute Gasteiger partial charge is 0.495 e. The van der Waals surface area contributed by atoms with E-state index in [1.165, 1.54) is 13.2 Å². The van der Waals surface area contributed by atoms with Crippen LogP contribution in [0.1, 0.15) is 23.6 Å². The van der Waals surface area contributed by atoms with E-state index in [0.717, 1.165) is 5.56 Å². The van der Waals surface area contributed by atoms with Gasteiger partial charge in [0.15, 0.2) is 0 Å². The van der Waals surface area contributed by atoms with E-state index in [4.69, 9.17) is 10.5 Å². The van der Waals surface area contributed by atoms with Crippen molar-refractivity contribution < 1.29 is 22.7 Å². The Labute approximate surface area is 232 Å². The second kappa shape index (κ2) is 12.9. The fourth-order valence-corrected chi connectivity index (χ4v) is 5.49. The molecule has 0 aliphatic rings. The quantitative estimate of drug-likeness (QED) is 0.218. The SMILES string of the molecule is COc1ccc(-c2cccc(NC(=O)NCc3cccnc3)c2)cc1S(=O)(=O)N[C@H](CC(N)=O)c1ccccc1. The summed E-state index contributed by atoms with van der Waals surface area (Å²) < 4.78 is 35.0. The van der Waals surface area contributed by atoms with Crippen LogP contribution >= 0.6 is 0 Å². The first-order chi connectivity index (χ1) is 19.2. The van der Waals surface area contributed by atoms with Gasteiger partial charge in [-0.1, -0.05) is 54.6 Å². The number of benzene rings is 3. The van der Waals surface area contributed by atoms with E-state index in [1.807, 2.05) is 6.07 Å². The number of carbonyl (C=O) groups is 2. The molecule has 40 heavy (non-hydrogen) atoms. The number of sulfonamides is 1. The molecule has 10 nitrogen and oxygen atoms in total. The Balaban J connectivity index is 1.57. The molecule has 4 rings (SSSR count). The molecule has 0 aliphatic carbocycles. The fourth-order valence-electron chi connectivity index (χ4n) is 4.07. The highest BCUT2D eigenvalue weighted by Crippen LogP contribution is 2.32. The maximum atomic E-state index is 13.5. The number of hydrogen-bond acceptors (Lipinski definition) is 6. The van der Waals surface area contributed by atoms with E-state index in [-0.39, 0.29) is 17.1 Å². The van der Waals surface area contributed by atoms with Crippen molar-refractivity contribution in [3.63, 3.8) is 0 Å². The molecule has 3 aromatic carbocycles. The zero-order chi connectivity index (χ0) is 28.5. The zero-order valence-corrected chi connectivity index (χ0v) is 22.5. The first-order valence-corrected chi connectivity index (χ1v) is 13.8. The number of urea groups is 1. The molecule has 4 aromatic rings. The van der Waals surface area contributed by atoms with Gasteiger partial charge in [-0.2, -0.15) is 0 Å². The van der Waals surface area contributed by atoms with Crippen LogP contribution in [0.15, 0.2) is 102 Å². The summed E-state index contributed by atoms with van der Waals surface area (Å²) in [4.78, 5) is 28.1. The lowest BCUT2D eigenvalue weighted by Crippen LogP contribution is -2.32. The summed E-state index contributed by atoms with van der Waals surface area (Å²) in [5, 5.41) is 5.55. The first-order valence-electron chi connectivity index (χ1n) is 12.3. The molecule has 1 heterocycles. The van der Waals surface area contributed by atoms with E-state index in [0.29, 0.717) is 28.9 Å². The molecule has 1 atom stereocenters. The smallest absolute Gasteiger partial charge is 0.319 e. The van der Waals surface area contributed by atoms with Crippen LogP contribution < -0.4 is 25.8 Å². The van der Waals surface area contributed by atoms with E-state index < -0.39 is 28.0 Å². The number of methoxy groups -OCH3 is 1. The average molecular weight is 560 g/mol. The molecule has 0 spiro atoms.